The summed E-state index contributed by atoms with van der Waals surface area (Å²) in [5, 5.41) is 14.7. The number of carboxylic acids is 1. The molecule has 0 radical (unpaired) electrons. The molecular formula is C14H20N4O4. The Labute approximate surface area is 128 Å². The predicted molar refractivity (Wildman–Crippen MR) is 78.8 cm³/mol. The highest BCUT2D eigenvalue weighted by Crippen LogP contribution is 2.25. The van der Waals surface area contributed by atoms with E-state index in [1.165, 1.54) is 0 Å². The number of carbonyl (C=O) groups is 2. The Morgan fingerprint density at radius 1 is 1.36 bits per heavy atom. The highest BCUT2D eigenvalue weighted by Gasteiger charge is 2.37. The first-order valence-electron chi connectivity index (χ1n) is 7.10. The number of rotatable bonds is 5. The van der Waals surface area contributed by atoms with Gasteiger partial charge in [0.15, 0.2) is 0 Å². The molecule has 1 aromatic rings. The van der Waals surface area contributed by atoms with Crippen LogP contribution >= 0.6 is 0 Å². The van der Waals surface area contributed by atoms with Crippen molar-refractivity contribution in [2.75, 3.05) is 25.6 Å². The number of aromatic nitrogens is 2. The lowest BCUT2D eigenvalue weighted by Crippen LogP contribution is -2.53. The molecule has 1 saturated heterocycles. The van der Waals surface area contributed by atoms with Crippen LogP contribution in [-0.4, -0.2) is 52.8 Å². The number of nitrogens with zero attached hydrogens (tertiary/aromatic N) is 2. The van der Waals surface area contributed by atoms with Crippen molar-refractivity contribution in [3.05, 3.63) is 17.5 Å². The topological polar surface area (TPSA) is 113 Å². The van der Waals surface area contributed by atoms with E-state index in [1.807, 2.05) is 0 Å². The normalized spacial score (nSPS) is 16.8. The highest BCUT2D eigenvalue weighted by molar-refractivity contribution is 5.93. The summed E-state index contributed by atoms with van der Waals surface area (Å²) in [7, 11) is 1.67. The second kappa shape index (κ2) is 6.69. The van der Waals surface area contributed by atoms with E-state index in [9.17, 15) is 9.59 Å². The highest BCUT2D eigenvalue weighted by atomic mass is 16.5. The monoisotopic (exact) mass is 308 g/mol. The second-order valence-corrected chi connectivity index (χ2v) is 5.39. The maximum absolute atomic E-state index is 12.5. The van der Waals surface area contributed by atoms with Crippen LogP contribution in [0.1, 0.15) is 35.4 Å². The third-order valence-corrected chi connectivity index (χ3v) is 3.63. The Morgan fingerprint density at radius 2 is 2.05 bits per heavy atom. The van der Waals surface area contributed by atoms with Crippen LogP contribution in [0.2, 0.25) is 0 Å². The van der Waals surface area contributed by atoms with Gasteiger partial charge in [0.1, 0.15) is 5.69 Å². The molecule has 8 nitrogen and oxygen atoms in total. The molecule has 3 N–H and O–H groups in total. The fraction of sp³-hybridized carbons (Fsp3) is 0.571. The van der Waals surface area contributed by atoms with Gasteiger partial charge in [0.2, 0.25) is 5.95 Å². The van der Waals surface area contributed by atoms with E-state index in [2.05, 4.69) is 20.6 Å². The van der Waals surface area contributed by atoms with E-state index in [1.54, 1.807) is 20.0 Å². The van der Waals surface area contributed by atoms with Crippen LogP contribution in [0.25, 0.3) is 0 Å². The maximum Gasteiger partial charge on any atom is 0.305 e. The van der Waals surface area contributed by atoms with E-state index >= 15 is 0 Å². The molecule has 2 heterocycles. The molecule has 2 rings (SSSR count). The van der Waals surface area contributed by atoms with Gasteiger partial charge in [-0.15, -0.1) is 0 Å². The summed E-state index contributed by atoms with van der Waals surface area (Å²) in [4.78, 5) is 31.8. The van der Waals surface area contributed by atoms with Gasteiger partial charge >= 0.3 is 5.97 Å². The van der Waals surface area contributed by atoms with Crippen LogP contribution in [0, 0.1) is 6.92 Å². The maximum atomic E-state index is 12.5. The average molecular weight is 308 g/mol. The van der Waals surface area contributed by atoms with Crippen molar-refractivity contribution in [2.45, 2.75) is 31.7 Å². The zero-order valence-electron chi connectivity index (χ0n) is 12.7. The predicted octanol–water partition coefficient (Wildman–Crippen LogP) is 0.580. The molecule has 1 aromatic heterocycles. The fourth-order valence-electron chi connectivity index (χ4n) is 2.50. The molecule has 0 unspecified atom stereocenters. The summed E-state index contributed by atoms with van der Waals surface area (Å²) < 4.78 is 5.27. The van der Waals surface area contributed by atoms with Crippen LogP contribution in [0.3, 0.4) is 0 Å². The molecular weight excluding hydrogens is 288 g/mol. The van der Waals surface area contributed by atoms with Gasteiger partial charge in [-0.3, -0.25) is 9.59 Å². The first kappa shape index (κ1) is 16.2. The number of nitrogens with one attached hydrogen (secondary N) is 2. The summed E-state index contributed by atoms with van der Waals surface area (Å²) in [5.74, 6) is -0.994. The molecule has 0 bridgehead atoms. The summed E-state index contributed by atoms with van der Waals surface area (Å²) in [6.07, 6.45) is 0.799. The SMILES string of the molecule is CNc1nc(C)cc(C(=O)NC2(CC(=O)O)CCOCC2)n1. The summed E-state index contributed by atoms with van der Waals surface area (Å²) in [6.45, 7) is 2.62. The van der Waals surface area contributed by atoms with Crippen molar-refractivity contribution < 1.29 is 19.4 Å². The van der Waals surface area contributed by atoms with Gasteiger partial charge in [-0.25, -0.2) is 9.97 Å². The third kappa shape index (κ3) is 3.91. The molecule has 0 aromatic carbocycles. The standard InChI is InChI=1S/C14H20N4O4/c1-9-7-10(17-13(15-2)16-9)12(21)18-14(8-11(19)20)3-5-22-6-4-14/h7H,3-6,8H2,1-2H3,(H,18,21)(H,19,20)(H,15,16,17). The number of aliphatic carboxylic acids is 1. The molecule has 22 heavy (non-hydrogen) atoms. The molecule has 0 spiro atoms. The van der Waals surface area contributed by atoms with Crippen molar-refractivity contribution in [3.63, 3.8) is 0 Å². The first-order chi connectivity index (χ1) is 10.4. The molecule has 0 aliphatic carbocycles. The lowest BCUT2D eigenvalue weighted by atomic mass is 9.86. The molecule has 8 heteroatoms. The van der Waals surface area contributed by atoms with Crippen LogP contribution in [0.5, 0.6) is 0 Å². The lowest BCUT2D eigenvalue weighted by Gasteiger charge is -2.36. The van der Waals surface area contributed by atoms with Crippen molar-refractivity contribution in [3.8, 4) is 0 Å². The smallest absolute Gasteiger partial charge is 0.305 e. The van der Waals surface area contributed by atoms with E-state index in [4.69, 9.17) is 9.84 Å². The van der Waals surface area contributed by atoms with E-state index in [-0.39, 0.29) is 12.1 Å². The Bertz CT molecular complexity index is 570. The minimum atomic E-state index is -0.947. The number of anilines is 1. The number of carboxylic acid groups (broad SMARTS) is 1. The summed E-state index contributed by atoms with van der Waals surface area (Å²) >= 11 is 0. The van der Waals surface area contributed by atoms with Gasteiger partial charge in [0, 0.05) is 26.0 Å². The zero-order valence-corrected chi connectivity index (χ0v) is 12.7. The number of hydrogen-bond acceptors (Lipinski definition) is 6. The van der Waals surface area contributed by atoms with E-state index < -0.39 is 17.4 Å². The van der Waals surface area contributed by atoms with E-state index in [0.717, 1.165) is 0 Å². The van der Waals surface area contributed by atoms with Gasteiger partial charge in [0.25, 0.3) is 5.91 Å². The minimum absolute atomic E-state index is 0.134. The Kier molecular flexibility index (Phi) is 4.92. The molecule has 0 atom stereocenters. The summed E-state index contributed by atoms with van der Waals surface area (Å²) in [5.41, 5.74) is 0.0803. The largest absolute Gasteiger partial charge is 0.481 e. The van der Waals surface area contributed by atoms with Crippen LogP contribution in [0.15, 0.2) is 6.07 Å². The Morgan fingerprint density at radius 3 is 2.64 bits per heavy atom. The molecule has 1 fully saturated rings. The van der Waals surface area contributed by atoms with Crippen LogP contribution < -0.4 is 10.6 Å². The Balaban J connectivity index is 2.20. The minimum Gasteiger partial charge on any atom is -0.481 e. The molecule has 1 amide bonds. The van der Waals surface area contributed by atoms with Gasteiger partial charge in [-0.1, -0.05) is 0 Å². The number of carbonyl (C=O) groups excluding carboxylic acids is 1. The lowest BCUT2D eigenvalue weighted by molar-refractivity contribution is -0.139. The van der Waals surface area contributed by atoms with Crippen LogP contribution in [-0.2, 0) is 9.53 Å². The number of hydrogen-bond donors (Lipinski definition) is 3. The number of aryl methyl sites for hydroxylation is 1. The van der Waals surface area contributed by atoms with E-state index in [0.29, 0.717) is 37.7 Å². The fourth-order valence-corrected chi connectivity index (χ4v) is 2.50. The number of ether oxygens (including phenoxy) is 1. The zero-order chi connectivity index (χ0) is 16.2. The quantitative estimate of drug-likeness (QED) is 0.729. The second-order valence-electron chi connectivity index (χ2n) is 5.39. The van der Waals surface area contributed by atoms with Crippen molar-refractivity contribution in [1.82, 2.24) is 15.3 Å². The number of amides is 1. The van der Waals surface area contributed by atoms with Gasteiger partial charge in [0.05, 0.1) is 12.0 Å². The molecule has 0 saturated carbocycles. The van der Waals surface area contributed by atoms with Gasteiger partial charge in [-0.05, 0) is 25.8 Å². The van der Waals surface area contributed by atoms with Crippen LogP contribution in [0.4, 0.5) is 5.95 Å². The van der Waals surface area contributed by atoms with Gasteiger partial charge in [-0.2, -0.15) is 0 Å². The first-order valence-corrected chi connectivity index (χ1v) is 7.10. The molecule has 1 aliphatic rings. The third-order valence-electron chi connectivity index (χ3n) is 3.63. The average Bonchev–Trinajstić information content (AvgIpc) is 2.46. The van der Waals surface area contributed by atoms with Crippen molar-refractivity contribution in [1.29, 1.82) is 0 Å². The molecule has 1 aliphatic heterocycles. The van der Waals surface area contributed by atoms with Crippen molar-refractivity contribution in [2.24, 2.45) is 0 Å². The summed E-state index contributed by atoms with van der Waals surface area (Å²) in [6, 6.07) is 1.57. The van der Waals surface area contributed by atoms with Gasteiger partial charge < -0.3 is 20.5 Å². The van der Waals surface area contributed by atoms with Crippen molar-refractivity contribution >= 4 is 17.8 Å². The Hall–Kier alpha value is -2.22. The molecule has 120 valence electrons.